The molecule has 0 saturated heterocycles. The summed E-state index contributed by atoms with van der Waals surface area (Å²) in [6.07, 6.45) is 4.10. The number of nitrogens with two attached hydrogens (primary N) is 1. The lowest BCUT2D eigenvalue weighted by Gasteiger charge is -2.19. The fourth-order valence-electron chi connectivity index (χ4n) is 2.43. The van der Waals surface area contributed by atoms with Crippen LogP contribution in [0.2, 0.25) is 0 Å². The molecule has 1 aliphatic rings. The number of amides is 1. The lowest BCUT2D eigenvalue weighted by atomic mass is 10.0. The quantitative estimate of drug-likeness (QED) is 0.325. The van der Waals surface area contributed by atoms with Gasteiger partial charge in [-0.3, -0.25) is 4.79 Å². The molecular formula is C12H17N3O3. The van der Waals surface area contributed by atoms with Crippen LogP contribution in [0.25, 0.3) is 0 Å². The Morgan fingerprint density at radius 2 is 2.39 bits per heavy atom. The fraction of sp³-hybridized carbons (Fsp3) is 0.500. The molecular weight excluding hydrogens is 234 g/mol. The highest BCUT2D eigenvalue weighted by molar-refractivity contribution is 5.95. The van der Waals surface area contributed by atoms with Crippen molar-refractivity contribution in [1.82, 2.24) is 5.32 Å². The van der Waals surface area contributed by atoms with Crippen LogP contribution in [0.5, 0.6) is 0 Å². The molecule has 1 saturated carbocycles. The highest BCUT2D eigenvalue weighted by atomic mass is 16.4. The third kappa shape index (κ3) is 2.32. The van der Waals surface area contributed by atoms with E-state index in [1.54, 1.807) is 13.0 Å². The molecule has 0 aromatic carbocycles. The molecule has 1 heterocycles. The maximum atomic E-state index is 12.0. The van der Waals surface area contributed by atoms with E-state index in [2.05, 4.69) is 10.5 Å². The van der Waals surface area contributed by atoms with Gasteiger partial charge in [-0.1, -0.05) is 11.6 Å². The second-order valence-corrected chi connectivity index (χ2v) is 4.53. The summed E-state index contributed by atoms with van der Waals surface area (Å²) >= 11 is 0. The Labute approximate surface area is 105 Å². The molecule has 1 aromatic rings. The highest BCUT2D eigenvalue weighted by Crippen LogP contribution is 2.26. The van der Waals surface area contributed by atoms with Crippen molar-refractivity contribution < 1.29 is 14.4 Å². The summed E-state index contributed by atoms with van der Waals surface area (Å²) in [6, 6.07) is 1.56. The Hall–Kier alpha value is -1.98. The van der Waals surface area contributed by atoms with Crippen molar-refractivity contribution in [2.24, 2.45) is 16.8 Å². The molecule has 6 nitrogen and oxygen atoms in total. The molecule has 2 atom stereocenters. The number of amidine groups is 1. The van der Waals surface area contributed by atoms with Crippen LogP contribution < -0.4 is 11.1 Å². The van der Waals surface area contributed by atoms with Gasteiger partial charge in [-0.15, -0.1) is 0 Å². The van der Waals surface area contributed by atoms with Crippen LogP contribution in [-0.2, 0) is 0 Å². The average molecular weight is 251 g/mol. The highest BCUT2D eigenvalue weighted by Gasteiger charge is 2.32. The zero-order valence-corrected chi connectivity index (χ0v) is 10.2. The van der Waals surface area contributed by atoms with Gasteiger partial charge in [0.1, 0.15) is 11.6 Å². The first kappa shape index (κ1) is 12.5. The van der Waals surface area contributed by atoms with Gasteiger partial charge in [0.05, 0.1) is 11.8 Å². The maximum absolute atomic E-state index is 12.0. The second kappa shape index (κ2) is 5.12. The molecule has 4 N–H and O–H groups in total. The third-order valence-electron chi connectivity index (χ3n) is 3.43. The summed E-state index contributed by atoms with van der Waals surface area (Å²) in [5.41, 5.74) is 6.15. The lowest BCUT2D eigenvalue weighted by Crippen LogP contribution is -2.42. The van der Waals surface area contributed by atoms with Crippen molar-refractivity contribution in [1.29, 1.82) is 0 Å². The molecule has 2 unspecified atom stereocenters. The number of nitrogens with zero attached hydrogens (tertiary/aromatic N) is 1. The van der Waals surface area contributed by atoms with Crippen molar-refractivity contribution in [3.8, 4) is 0 Å². The van der Waals surface area contributed by atoms with Crippen molar-refractivity contribution in [3.63, 3.8) is 0 Å². The smallest absolute Gasteiger partial charge is 0.255 e. The number of rotatable bonds is 3. The van der Waals surface area contributed by atoms with Gasteiger partial charge in [0.25, 0.3) is 5.91 Å². The summed E-state index contributed by atoms with van der Waals surface area (Å²) < 4.78 is 5.10. The lowest BCUT2D eigenvalue weighted by molar-refractivity contribution is 0.0931. The predicted molar refractivity (Wildman–Crippen MR) is 65.4 cm³/mol. The number of furan rings is 1. The largest absolute Gasteiger partial charge is 0.469 e. The Kier molecular flexibility index (Phi) is 3.55. The van der Waals surface area contributed by atoms with Gasteiger partial charge >= 0.3 is 0 Å². The van der Waals surface area contributed by atoms with Crippen molar-refractivity contribution in [2.75, 3.05) is 0 Å². The third-order valence-corrected chi connectivity index (χ3v) is 3.43. The van der Waals surface area contributed by atoms with Gasteiger partial charge < -0.3 is 20.7 Å². The minimum absolute atomic E-state index is 0.0808. The number of oxime groups is 1. The van der Waals surface area contributed by atoms with Gasteiger partial charge in [0.2, 0.25) is 0 Å². The van der Waals surface area contributed by atoms with E-state index in [1.807, 2.05) is 0 Å². The van der Waals surface area contributed by atoms with Gasteiger partial charge in [0, 0.05) is 12.0 Å². The summed E-state index contributed by atoms with van der Waals surface area (Å²) in [5.74, 6) is 0.502. The summed E-state index contributed by atoms with van der Waals surface area (Å²) in [5, 5.41) is 14.7. The molecule has 1 fully saturated rings. The number of nitrogens with one attached hydrogen (secondary N) is 1. The van der Waals surface area contributed by atoms with E-state index in [9.17, 15) is 4.79 Å². The first-order valence-electron chi connectivity index (χ1n) is 5.96. The Bertz CT molecular complexity index is 467. The zero-order valence-electron chi connectivity index (χ0n) is 10.2. The molecule has 2 rings (SSSR count). The van der Waals surface area contributed by atoms with Gasteiger partial charge in [-0.2, -0.15) is 0 Å². The van der Waals surface area contributed by atoms with Crippen LogP contribution in [0.4, 0.5) is 0 Å². The van der Waals surface area contributed by atoms with Crippen LogP contribution in [0, 0.1) is 12.8 Å². The van der Waals surface area contributed by atoms with E-state index in [1.165, 1.54) is 6.26 Å². The summed E-state index contributed by atoms with van der Waals surface area (Å²) in [7, 11) is 0. The van der Waals surface area contributed by atoms with Crippen LogP contribution in [0.15, 0.2) is 21.9 Å². The van der Waals surface area contributed by atoms with E-state index in [0.717, 1.165) is 19.3 Å². The number of hydrogen-bond donors (Lipinski definition) is 3. The topological polar surface area (TPSA) is 101 Å². The number of carbonyl (C=O) groups is 1. The second-order valence-electron chi connectivity index (χ2n) is 4.53. The first-order valence-corrected chi connectivity index (χ1v) is 5.96. The van der Waals surface area contributed by atoms with Crippen molar-refractivity contribution in [2.45, 2.75) is 32.2 Å². The van der Waals surface area contributed by atoms with Gasteiger partial charge in [-0.05, 0) is 25.8 Å². The summed E-state index contributed by atoms with van der Waals surface area (Å²) in [6.45, 7) is 1.74. The average Bonchev–Trinajstić information content (AvgIpc) is 2.97. The van der Waals surface area contributed by atoms with E-state index >= 15 is 0 Å². The molecule has 0 spiro atoms. The van der Waals surface area contributed by atoms with Crippen LogP contribution in [0.3, 0.4) is 0 Å². The Balaban J connectivity index is 2.05. The first-order chi connectivity index (χ1) is 8.63. The van der Waals surface area contributed by atoms with Crippen molar-refractivity contribution >= 4 is 11.7 Å². The molecule has 1 aliphatic carbocycles. The monoisotopic (exact) mass is 251 g/mol. The van der Waals surface area contributed by atoms with E-state index in [0.29, 0.717) is 11.3 Å². The van der Waals surface area contributed by atoms with E-state index in [4.69, 9.17) is 15.4 Å². The maximum Gasteiger partial charge on any atom is 0.255 e. The van der Waals surface area contributed by atoms with Crippen LogP contribution >= 0.6 is 0 Å². The fourth-order valence-corrected chi connectivity index (χ4v) is 2.43. The molecule has 0 bridgehead atoms. The minimum Gasteiger partial charge on any atom is -0.469 e. The van der Waals surface area contributed by atoms with Crippen molar-refractivity contribution in [3.05, 3.63) is 23.7 Å². The SMILES string of the molecule is Cc1occc1C(=O)NC1CCCC1C(N)=NO. The predicted octanol–water partition coefficient (Wildman–Crippen LogP) is 1.23. The van der Waals surface area contributed by atoms with Crippen LogP contribution in [-0.4, -0.2) is 23.0 Å². The summed E-state index contributed by atoms with van der Waals surface area (Å²) in [4.78, 5) is 12.0. The Morgan fingerprint density at radius 3 is 3.00 bits per heavy atom. The normalized spacial score (nSPS) is 24.2. The molecule has 6 heteroatoms. The standard InChI is InChI=1S/C12H17N3O3/c1-7-8(5-6-18-7)12(16)14-10-4-2-3-9(10)11(13)15-17/h5-6,9-10,17H,2-4H2,1H3,(H2,13,15)(H,14,16). The van der Waals surface area contributed by atoms with E-state index < -0.39 is 0 Å². The molecule has 1 amide bonds. The number of hydrogen-bond acceptors (Lipinski definition) is 4. The van der Waals surface area contributed by atoms with Gasteiger partial charge in [0.15, 0.2) is 0 Å². The molecule has 98 valence electrons. The van der Waals surface area contributed by atoms with E-state index in [-0.39, 0.29) is 23.7 Å². The minimum atomic E-state index is -0.177. The Morgan fingerprint density at radius 1 is 1.61 bits per heavy atom. The van der Waals surface area contributed by atoms with Crippen LogP contribution in [0.1, 0.15) is 35.4 Å². The zero-order chi connectivity index (χ0) is 13.1. The van der Waals surface area contributed by atoms with Gasteiger partial charge in [-0.25, -0.2) is 0 Å². The molecule has 1 aromatic heterocycles. The number of carbonyl (C=O) groups excluding carboxylic acids is 1. The molecule has 0 radical (unpaired) electrons. The molecule has 0 aliphatic heterocycles. The number of aryl methyl sites for hydroxylation is 1. The molecule has 18 heavy (non-hydrogen) atoms.